The van der Waals surface area contributed by atoms with Crippen LogP contribution in [0.25, 0.3) is 0 Å². The van der Waals surface area contributed by atoms with E-state index in [4.69, 9.17) is 10.00 Å². The SMILES string of the molecule is COCCC(C)(O)CNS(=O)(=O)c1ccc(C#N)c(C)c1. The van der Waals surface area contributed by atoms with Crippen LogP contribution in [0.2, 0.25) is 0 Å². The molecule has 0 spiro atoms. The molecule has 0 fully saturated rings. The van der Waals surface area contributed by atoms with Crippen LogP contribution >= 0.6 is 0 Å². The Labute approximate surface area is 125 Å². The van der Waals surface area contributed by atoms with Gasteiger partial charge in [0.05, 0.1) is 22.1 Å². The number of aryl methyl sites for hydroxylation is 1. The second-order valence-corrected chi connectivity index (χ2v) is 6.92. The third-order valence-electron chi connectivity index (χ3n) is 3.12. The first-order chi connectivity index (χ1) is 9.72. The van der Waals surface area contributed by atoms with Crippen molar-refractivity contribution in [2.24, 2.45) is 0 Å². The van der Waals surface area contributed by atoms with E-state index in [1.165, 1.54) is 25.3 Å². The van der Waals surface area contributed by atoms with Crippen molar-refractivity contribution in [2.45, 2.75) is 30.8 Å². The third kappa shape index (κ3) is 5.10. The van der Waals surface area contributed by atoms with E-state index in [2.05, 4.69) is 4.72 Å². The standard InChI is InChI=1S/C14H20N2O4S/c1-11-8-13(5-4-12(11)9-15)21(18,19)16-10-14(2,17)6-7-20-3/h4-5,8,16-17H,6-7,10H2,1-3H3. The Morgan fingerprint density at radius 2 is 2.14 bits per heavy atom. The van der Waals surface area contributed by atoms with Gasteiger partial charge in [0, 0.05) is 26.7 Å². The van der Waals surface area contributed by atoms with Gasteiger partial charge in [0.2, 0.25) is 10.0 Å². The first kappa shape index (κ1) is 17.6. The zero-order chi connectivity index (χ0) is 16.1. The molecule has 1 atom stereocenters. The van der Waals surface area contributed by atoms with E-state index >= 15 is 0 Å². The van der Waals surface area contributed by atoms with Gasteiger partial charge in [0.1, 0.15) is 0 Å². The van der Waals surface area contributed by atoms with Crippen molar-refractivity contribution in [3.8, 4) is 6.07 Å². The lowest BCUT2D eigenvalue weighted by Crippen LogP contribution is -2.41. The summed E-state index contributed by atoms with van der Waals surface area (Å²) in [6.45, 7) is 3.44. The average molecular weight is 312 g/mol. The minimum atomic E-state index is -3.73. The summed E-state index contributed by atoms with van der Waals surface area (Å²) < 4.78 is 31.6. The Balaban J connectivity index is 2.83. The Morgan fingerprint density at radius 1 is 1.48 bits per heavy atom. The molecule has 116 valence electrons. The molecular formula is C14H20N2O4S. The van der Waals surface area contributed by atoms with Gasteiger partial charge in [0.15, 0.2) is 0 Å². The molecular weight excluding hydrogens is 292 g/mol. The molecule has 0 heterocycles. The molecule has 0 aromatic heterocycles. The number of hydrogen-bond acceptors (Lipinski definition) is 5. The van der Waals surface area contributed by atoms with Crippen LogP contribution < -0.4 is 4.72 Å². The maximum atomic E-state index is 12.2. The van der Waals surface area contributed by atoms with E-state index < -0.39 is 15.6 Å². The van der Waals surface area contributed by atoms with E-state index in [1.54, 1.807) is 13.8 Å². The van der Waals surface area contributed by atoms with Gasteiger partial charge in [-0.2, -0.15) is 5.26 Å². The molecule has 0 amide bonds. The molecule has 1 rings (SSSR count). The van der Waals surface area contributed by atoms with Crippen LogP contribution in [0, 0.1) is 18.3 Å². The number of nitriles is 1. The Bertz CT molecular complexity index is 633. The fourth-order valence-electron chi connectivity index (χ4n) is 1.67. The molecule has 0 saturated heterocycles. The summed E-state index contributed by atoms with van der Waals surface area (Å²) in [5.41, 5.74) is -0.169. The van der Waals surface area contributed by atoms with Crippen molar-refractivity contribution in [3.63, 3.8) is 0 Å². The molecule has 0 radical (unpaired) electrons. The summed E-state index contributed by atoms with van der Waals surface area (Å²) in [5.74, 6) is 0. The second-order valence-electron chi connectivity index (χ2n) is 5.15. The van der Waals surface area contributed by atoms with Crippen LogP contribution in [0.1, 0.15) is 24.5 Å². The number of aliphatic hydroxyl groups is 1. The van der Waals surface area contributed by atoms with Gasteiger partial charge in [-0.15, -0.1) is 0 Å². The highest BCUT2D eigenvalue weighted by Gasteiger charge is 2.24. The van der Waals surface area contributed by atoms with Gasteiger partial charge >= 0.3 is 0 Å². The maximum Gasteiger partial charge on any atom is 0.240 e. The van der Waals surface area contributed by atoms with Crippen LogP contribution in [0.3, 0.4) is 0 Å². The zero-order valence-corrected chi connectivity index (χ0v) is 13.2. The molecule has 0 bridgehead atoms. The molecule has 0 saturated carbocycles. The van der Waals surface area contributed by atoms with Crippen molar-refractivity contribution in [2.75, 3.05) is 20.3 Å². The smallest absolute Gasteiger partial charge is 0.240 e. The molecule has 7 heteroatoms. The Kier molecular flexibility index (Phi) is 5.87. The number of benzene rings is 1. The second kappa shape index (κ2) is 7.00. The molecule has 0 aliphatic heterocycles. The normalized spacial score (nSPS) is 14.4. The van der Waals surface area contributed by atoms with E-state index in [9.17, 15) is 13.5 Å². The quantitative estimate of drug-likeness (QED) is 0.780. The molecule has 2 N–H and O–H groups in total. The van der Waals surface area contributed by atoms with Gasteiger partial charge in [-0.05, 0) is 37.6 Å². The summed E-state index contributed by atoms with van der Waals surface area (Å²) in [4.78, 5) is 0.0709. The van der Waals surface area contributed by atoms with E-state index in [0.717, 1.165) is 0 Å². The van der Waals surface area contributed by atoms with Crippen molar-refractivity contribution < 1.29 is 18.3 Å². The van der Waals surface area contributed by atoms with Crippen LogP contribution in [0.4, 0.5) is 0 Å². The summed E-state index contributed by atoms with van der Waals surface area (Å²) in [7, 11) is -2.21. The lowest BCUT2D eigenvalue weighted by atomic mass is 10.0. The number of methoxy groups -OCH3 is 1. The van der Waals surface area contributed by atoms with Crippen molar-refractivity contribution >= 4 is 10.0 Å². The largest absolute Gasteiger partial charge is 0.389 e. The lowest BCUT2D eigenvalue weighted by Gasteiger charge is -2.23. The van der Waals surface area contributed by atoms with Crippen LogP contribution in [0.5, 0.6) is 0 Å². The maximum absolute atomic E-state index is 12.2. The number of sulfonamides is 1. The van der Waals surface area contributed by atoms with Gasteiger partial charge in [-0.1, -0.05) is 0 Å². The summed E-state index contributed by atoms with van der Waals surface area (Å²) >= 11 is 0. The zero-order valence-electron chi connectivity index (χ0n) is 12.4. The number of nitrogens with one attached hydrogen (secondary N) is 1. The monoisotopic (exact) mass is 312 g/mol. The van der Waals surface area contributed by atoms with E-state index in [1.807, 2.05) is 6.07 Å². The Morgan fingerprint density at radius 3 is 2.67 bits per heavy atom. The average Bonchev–Trinajstić information content (AvgIpc) is 2.43. The molecule has 21 heavy (non-hydrogen) atoms. The molecule has 1 unspecified atom stereocenters. The number of hydrogen-bond donors (Lipinski definition) is 2. The fourth-order valence-corrected chi connectivity index (χ4v) is 2.92. The minimum absolute atomic E-state index is 0.0709. The van der Waals surface area contributed by atoms with Crippen LogP contribution in [-0.2, 0) is 14.8 Å². The molecule has 0 aliphatic carbocycles. The predicted molar refractivity (Wildman–Crippen MR) is 78.2 cm³/mol. The van der Waals surface area contributed by atoms with Crippen LogP contribution in [-0.4, -0.2) is 39.4 Å². The third-order valence-corrected chi connectivity index (χ3v) is 4.52. The van der Waals surface area contributed by atoms with Gasteiger partial charge < -0.3 is 9.84 Å². The number of nitrogens with zero attached hydrogens (tertiary/aromatic N) is 1. The summed E-state index contributed by atoms with van der Waals surface area (Å²) in [5, 5.41) is 18.9. The van der Waals surface area contributed by atoms with Crippen molar-refractivity contribution in [3.05, 3.63) is 29.3 Å². The van der Waals surface area contributed by atoms with Gasteiger partial charge in [0.25, 0.3) is 0 Å². The fraction of sp³-hybridized carbons (Fsp3) is 0.500. The molecule has 0 aliphatic rings. The minimum Gasteiger partial charge on any atom is -0.389 e. The van der Waals surface area contributed by atoms with Crippen molar-refractivity contribution in [1.29, 1.82) is 5.26 Å². The molecule has 1 aromatic rings. The van der Waals surface area contributed by atoms with E-state index in [-0.39, 0.29) is 11.4 Å². The first-order valence-corrected chi connectivity index (χ1v) is 7.92. The van der Waals surface area contributed by atoms with Gasteiger partial charge in [-0.25, -0.2) is 13.1 Å². The van der Waals surface area contributed by atoms with Gasteiger partial charge in [-0.3, -0.25) is 0 Å². The number of ether oxygens (including phenoxy) is 1. The van der Waals surface area contributed by atoms with Crippen molar-refractivity contribution in [1.82, 2.24) is 4.72 Å². The topological polar surface area (TPSA) is 99.4 Å². The summed E-state index contributed by atoms with van der Waals surface area (Å²) in [6.07, 6.45) is 0.318. The molecule has 1 aromatic carbocycles. The lowest BCUT2D eigenvalue weighted by molar-refractivity contribution is 0.0292. The highest BCUT2D eigenvalue weighted by molar-refractivity contribution is 7.89. The Hall–Kier alpha value is -1.46. The molecule has 6 nitrogen and oxygen atoms in total. The van der Waals surface area contributed by atoms with Crippen LogP contribution in [0.15, 0.2) is 23.1 Å². The highest BCUT2D eigenvalue weighted by Crippen LogP contribution is 2.16. The first-order valence-electron chi connectivity index (χ1n) is 6.43. The van der Waals surface area contributed by atoms with E-state index in [0.29, 0.717) is 24.2 Å². The number of rotatable bonds is 7. The summed E-state index contributed by atoms with van der Waals surface area (Å²) in [6, 6.07) is 6.26. The predicted octanol–water partition coefficient (Wildman–Crippen LogP) is 0.932. The highest BCUT2D eigenvalue weighted by atomic mass is 32.2.